The van der Waals surface area contributed by atoms with E-state index in [1.165, 1.54) is 6.21 Å². The number of hydrazone groups is 1. The van der Waals surface area contributed by atoms with E-state index in [9.17, 15) is 9.59 Å². The topological polar surface area (TPSA) is 59.0 Å². The number of hydrogen-bond acceptors (Lipinski definition) is 4. The summed E-state index contributed by atoms with van der Waals surface area (Å²) < 4.78 is 5.74. The summed E-state index contributed by atoms with van der Waals surface area (Å²) in [4.78, 5) is 25.3. The second kappa shape index (κ2) is 5.99. The molecular formula is C19H19ClN2O3. The summed E-state index contributed by atoms with van der Waals surface area (Å²) in [6.45, 7) is 3.85. The van der Waals surface area contributed by atoms with Crippen LogP contribution in [0.4, 0.5) is 0 Å². The maximum Gasteiger partial charge on any atom is 0.254 e. The highest BCUT2D eigenvalue weighted by Crippen LogP contribution is 2.52. The first-order chi connectivity index (χ1) is 12.0. The zero-order chi connectivity index (χ0) is 17.7. The van der Waals surface area contributed by atoms with Crippen LogP contribution in [0.1, 0.15) is 25.8 Å². The van der Waals surface area contributed by atoms with Crippen molar-refractivity contribution in [3.8, 4) is 5.75 Å². The predicted octanol–water partition coefficient (Wildman–Crippen LogP) is 3.27. The Bertz CT molecular complexity index is 772. The van der Waals surface area contributed by atoms with Crippen molar-refractivity contribution in [2.45, 2.75) is 26.4 Å². The average molecular weight is 359 g/mol. The Morgan fingerprint density at radius 2 is 1.84 bits per heavy atom. The highest BCUT2D eigenvalue weighted by molar-refractivity contribution is 6.31. The minimum absolute atomic E-state index is 0.00979. The molecule has 1 aromatic rings. The molecule has 1 aromatic carbocycles. The maximum absolute atomic E-state index is 12.6. The molecule has 25 heavy (non-hydrogen) atoms. The number of carbonyl (C=O) groups excluding carboxylic acids is 2. The molecule has 3 aliphatic rings. The lowest BCUT2D eigenvalue weighted by molar-refractivity contribution is -0.140. The summed E-state index contributed by atoms with van der Waals surface area (Å²) in [5.74, 6) is 0.0863. The van der Waals surface area contributed by atoms with Gasteiger partial charge in [-0.1, -0.05) is 23.8 Å². The van der Waals surface area contributed by atoms with E-state index in [1.54, 1.807) is 18.2 Å². The smallest absolute Gasteiger partial charge is 0.254 e. The van der Waals surface area contributed by atoms with Crippen LogP contribution in [0.5, 0.6) is 5.75 Å². The molecule has 2 bridgehead atoms. The average Bonchev–Trinajstić information content (AvgIpc) is 3.23. The highest BCUT2D eigenvalue weighted by atomic mass is 35.5. The first-order valence-electron chi connectivity index (χ1n) is 8.52. The van der Waals surface area contributed by atoms with Gasteiger partial charge in [-0.25, -0.2) is 0 Å². The third kappa shape index (κ3) is 2.67. The van der Waals surface area contributed by atoms with Gasteiger partial charge in [0.1, 0.15) is 5.75 Å². The van der Waals surface area contributed by atoms with Crippen LogP contribution in [-0.4, -0.2) is 29.1 Å². The summed E-state index contributed by atoms with van der Waals surface area (Å²) in [5.41, 5.74) is 0.639. The van der Waals surface area contributed by atoms with Crippen molar-refractivity contribution >= 4 is 29.6 Å². The number of imide groups is 1. The van der Waals surface area contributed by atoms with Gasteiger partial charge in [-0.15, -0.1) is 0 Å². The van der Waals surface area contributed by atoms with Gasteiger partial charge in [-0.2, -0.15) is 10.1 Å². The Labute approximate surface area is 151 Å². The van der Waals surface area contributed by atoms with Gasteiger partial charge in [0.2, 0.25) is 0 Å². The molecule has 130 valence electrons. The Kier molecular flexibility index (Phi) is 3.91. The number of allylic oxidation sites excluding steroid dienone is 2. The van der Waals surface area contributed by atoms with Gasteiger partial charge in [0, 0.05) is 10.6 Å². The van der Waals surface area contributed by atoms with E-state index in [-0.39, 0.29) is 41.6 Å². The van der Waals surface area contributed by atoms with Crippen LogP contribution in [0.15, 0.2) is 35.5 Å². The molecular weight excluding hydrogens is 340 g/mol. The molecule has 2 aliphatic carbocycles. The predicted molar refractivity (Wildman–Crippen MR) is 94.4 cm³/mol. The van der Waals surface area contributed by atoms with Crippen LogP contribution in [0.3, 0.4) is 0 Å². The van der Waals surface area contributed by atoms with Crippen LogP contribution in [0.25, 0.3) is 0 Å². The number of ether oxygens (including phenoxy) is 1. The fourth-order valence-electron chi connectivity index (χ4n) is 4.10. The van der Waals surface area contributed by atoms with E-state index in [2.05, 4.69) is 17.3 Å². The second-order valence-corrected chi connectivity index (χ2v) is 7.52. The first-order valence-corrected chi connectivity index (χ1v) is 8.90. The van der Waals surface area contributed by atoms with Crippen molar-refractivity contribution < 1.29 is 14.3 Å². The first kappa shape index (κ1) is 16.3. The number of nitrogens with zero attached hydrogens (tertiary/aromatic N) is 2. The summed E-state index contributed by atoms with van der Waals surface area (Å²) in [7, 11) is 0. The number of fused-ring (bicyclic) bond motifs is 5. The fourth-order valence-corrected chi connectivity index (χ4v) is 4.28. The van der Waals surface area contributed by atoms with Crippen molar-refractivity contribution in [1.29, 1.82) is 0 Å². The van der Waals surface area contributed by atoms with Crippen LogP contribution in [0, 0.1) is 23.7 Å². The molecule has 0 aromatic heterocycles. The van der Waals surface area contributed by atoms with Crippen LogP contribution in [0.2, 0.25) is 5.02 Å². The summed E-state index contributed by atoms with van der Waals surface area (Å²) >= 11 is 6.06. The Hall–Kier alpha value is -2.14. The van der Waals surface area contributed by atoms with Crippen molar-refractivity contribution in [2.75, 3.05) is 0 Å². The van der Waals surface area contributed by atoms with Gasteiger partial charge in [0.05, 0.1) is 24.2 Å². The number of hydrogen-bond donors (Lipinski definition) is 0. The molecule has 4 unspecified atom stereocenters. The molecule has 0 spiro atoms. The van der Waals surface area contributed by atoms with Gasteiger partial charge in [-0.3, -0.25) is 9.59 Å². The zero-order valence-corrected chi connectivity index (χ0v) is 14.8. The van der Waals surface area contributed by atoms with E-state index in [0.717, 1.165) is 11.4 Å². The summed E-state index contributed by atoms with van der Waals surface area (Å²) in [6, 6.07) is 5.20. The fraction of sp³-hybridized carbons (Fsp3) is 0.421. The quantitative estimate of drug-likeness (QED) is 0.471. The number of rotatable bonds is 4. The summed E-state index contributed by atoms with van der Waals surface area (Å²) in [6.07, 6.45) is 6.51. The Morgan fingerprint density at radius 1 is 1.20 bits per heavy atom. The normalized spacial score (nSPS) is 30.2. The molecule has 1 saturated heterocycles. The van der Waals surface area contributed by atoms with Crippen LogP contribution >= 0.6 is 11.6 Å². The van der Waals surface area contributed by atoms with E-state index in [0.29, 0.717) is 16.3 Å². The molecule has 0 N–H and O–H groups in total. The van der Waals surface area contributed by atoms with E-state index in [1.807, 2.05) is 13.8 Å². The third-order valence-electron chi connectivity index (χ3n) is 5.09. The second-order valence-electron chi connectivity index (χ2n) is 7.08. The molecule has 2 amide bonds. The van der Waals surface area contributed by atoms with Crippen molar-refractivity contribution in [3.63, 3.8) is 0 Å². The van der Waals surface area contributed by atoms with Gasteiger partial charge >= 0.3 is 0 Å². The Balaban J connectivity index is 1.60. The van der Waals surface area contributed by atoms with Crippen LogP contribution in [-0.2, 0) is 9.59 Å². The van der Waals surface area contributed by atoms with E-state index >= 15 is 0 Å². The third-order valence-corrected chi connectivity index (χ3v) is 5.33. The molecule has 0 radical (unpaired) electrons. The monoisotopic (exact) mass is 358 g/mol. The van der Waals surface area contributed by atoms with Crippen molar-refractivity contribution in [3.05, 3.63) is 40.9 Å². The summed E-state index contributed by atoms with van der Waals surface area (Å²) in [5, 5.41) is 5.75. The number of halogens is 1. The lowest BCUT2D eigenvalue weighted by Crippen LogP contribution is -2.28. The van der Waals surface area contributed by atoms with Gasteiger partial charge < -0.3 is 4.74 Å². The van der Waals surface area contributed by atoms with Crippen LogP contribution < -0.4 is 4.74 Å². The van der Waals surface area contributed by atoms with Crippen molar-refractivity contribution in [2.24, 2.45) is 28.8 Å². The lowest BCUT2D eigenvalue weighted by atomic mass is 9.85. The number of benzene rings is 1. The lowest BCUT2D eigenvalue weighted by Gasteiger charge is -2.14. The van der Waals surface area contributed by atoms with Gasteiger partial charge in [0.15, 0.2) is 0 Å². The Morgan fingerprint density at radius 3 is 2.44 bits per heavy atom. The van der Waals surface area contributed by atoms with E-state index in [4.69, 9.17) is 16.3 Å². The van der Waals surface area contributed by atoms with Gasteiger partial charge in [-0.05, 0) is 50.3 Å². The van der Waals surface area contributed by atoms with E-state index < -0.39 is 0 Å². The molecule has 4 rings (SSSR count). The molecule has 6 heteroatoms. The molecule has 1 aliphatic heterocycles. The molecule has 1 saturated carbocycles. The molecule has 2 fully saturated rings. The maximum atomic E-state index is 12.6. The molecule has 4 atom stereocenters. The standard InChI is InChI=1S/C19H19ClN2O3/c1-10(2)25-15-6-5-14(20)8-13(15)9-21-22-18(23)16-11-3-4-12(7-11)17(16)19(22)24/h3-6,8-12,16-17H,7H2,1-2H3. The van der Waals surface area contributed by atoms with Gasteiger partial charge in [0.25, 0.3) is 11.8 Å². The van der Waals surface area contributed by atoms with Crippen molar-refractivity contribution in [1.82, 2.24) is 5.01 Å². The SMILES string of the molecule is CC(C)Oc1ccc(Cl)cc1C=NN1C(=O)C2C3C=CC(C3)C2C1=O. The highest BCUT2D eigenvalue weighted by Gasteiger charge is 2.59. The largest absolute Gasteiger partial charge is 0.490 e. The minimum Gasteiger partial charge on any atom is -0.490 e. The number of carbonyl (C=O) groups is 2. The number of amides is 2. The molecule has 1 heterocycles. The minimum atomic E-state index is -0.245. The molecule has 5 nitrogen and oxygen atoms in total. The zero-order valence-electron chi connectivity index (χ0n) is 14.1.